The van der Waals surface area contributed by atoms with Crippen molar-refractivity contribution in [3.05, 3.63) is 44.4 Å². The highest BCUT2D eigenvalue weighted by Gasteiger charge is 2.27. The number of thiazole rings is 1. The number of anilines is 1. The third-order valence-corrected chi connectivity index (χ3v) is 6.18. The van der Waals surface area contributed by atoms with Crippen molar-refractivity contribution < 1.29 is 14.7 Å². The lowest BCUT2D eigenvalue weighted by Crippen LogP contribution is -2.03. The van der Waals surface area contributed by atoms with Crippen LogP contribution in [0.5, 0.6) is 0 Å². The van der Waals surface area contributed by atoms with Crippen molar-refractivity contribution in [2.24, 2.45) is 0 Å². The normalized spacial score (nSPS) is 17.1. The number of amides is 1. The molecule has 1 aliphatic carbocycles. The Bertz CT molecular complexity index is 919. The van der Waals surface area contributed by atoms with E-state index >= 15 is 0 Å². The standard InChI is InChI=1S/C20H20N2O3S/c1-11-12(7-9-18(23)24)6-8-15-19(11)13(20(25)22-15)10-17-21-14-4-2-3-5-16(14)26-17/h6,8,10H,2-5,7,9H2,1H3,(H,22,25)(H,23,24). The van der Waals surface area contributed by atoms with Gasteiger partial charge in [-0.3, -0.25) is 9.59 Å². The van der Waals surface area contributed by atoms with Gasteiger partial charge in [-0.15, -0.1) is 11.3 Å². The van der Waals surface area contributed by atoms with Crippen molar-refractivity contribution in [3.8, 4) is 0 Å². The summed E-state index contributed by atoms with van der Waals surface area (Å²) in [6.07, 6.45) is 6.93. The molecule has 2 aromatic rings. The van der Waals surface area contributed by atoms with Crippen LogP contribution in [0, 0.1) is 6.92 Å². The SMILES string of the molecule is Cc1c(CCC(=O)O)ccc2c1C(=Cc1nc3c(s1)CCCC3)C(=O)N2. The lowest BCUT2D eigenvalue weighted by atomic mass is 9.94. The molecule has 0 unspecified atom stereocenters. The third-order valence-electron chi connectivity index (χ3n) is 5.08. The second kappa shape index (κ2) is 6.68. The van der Waals surface area contributed by atoms with Crippen LogP contribution in [0.15, 0.2) is 12.1 Å². The zero-order chi connectivity index (χ0) is 18.3. The molecule has 4 rings (SSSR count). The van der Waals surface area contributed by atoms with Gasteiger partial charge in [0.15, 0.2) is 0 Å². The quantitative estimate of drug-likeness (QED) is 0.804. The molecule has 0 radical (unpaired) electrons. The van der Waals surface area contributed by atoms with Gasteiger partial charge in [0.1, 0.15) is 5.01 Å². The van der Waals surface area contributed by atoms with Gasteiger partial charge in [0.05, 0.1) is 11.3 Å². The van der Waals surface area contributed by atoms with E-state index in [0.717, 1.165) is 40.2 Å². The number of aliphatic carboxylic acids is 1. The van der Waals surface area contributed by atoms with Crippen LogP contribution in [0.2, 0.25) is 0 Å². The van der Waals surface area contributed by atoms with Crippen molar-refractivity contribution >= 4 is 40.5 Å². The lowest BCUT2D eigenvalue weighted by molar-refractivity contribution is -0.137. The number of nitrogens with zero attached hydrogens (tertiary/aromatic N) is 1. The third kappa shape index (κ3) is 3.05. The van der Waals surface area contributed by atoms with Gasteiger partial charge in [0, 0.05) is 22.5 Å². The van der Waals surface area contributed by atoms with Crippen LogP contribution in [0.25, 0.3) is 11.6 Å². The summed E-state index contributed by atoms with van der Waals surface area (Å²) in [5.74, 6) is -0.935. The van der Waals surface area contributed by atoms with Crippen molar-refractivity contribution in [3.63, 3.8) is 0 Å². The van der Waals surface area contributed by atoms with E-state index in [9.17, 15) is 9.59 Å². The minimum atomic E-state index is -0.816. The topological polar surface area (TPSA) is 79.3 Å². The highest BCUT2D eigenvalue weighted by molar-refractivity contribution is 7.12. The second-order valence-electron chi connectivity index (χ2n) is 6.81. The fourth-order valence-electron chi connectivity index (χ4n) is 3.72. The molecule has 0 saturated carbocycles. The summed E-state index contributed by atoms with van der Waals surface area (Å²) in [6.45, 7) is 1.96. The first-order chi connectivity index (χ1) is 12.5. The van der Waals surface area contributed by atoms with E-state index in [2.05, 4.69) is 5.32 Å². The molecular weight excluding hydrogens is 348 g/mol. The zero-order valence-electron chi connectivity index (χ0n) is 14.6. The highest BCUT2D eigenvalue weighted by atomic mass is 32.1. The summed E-state index contributed by atoms with van der Waals surface area (Å²) >= 11 is 1.68. The highest BCUT2D eigenvalue weighted by Crippen LogP contribution is 2.38. The molecule has 1 aromatic heterocycles. The molecular formula is C20H20N2O3S. The van der Waals surface area contributed by atoms with E-state index in [1.165, 1.54) is 23.4 Å². The summed E-state index contributed by atoms with van der Waals surface area (Å²) in [7, 11) is 0. The lowest BCUT2D eigenvalue weighted by Gasteiger charge is -2.09. The van der Waals surface area contributed by atoms with Crippen LogP contribution in [-0.2, 0) is 28.9 Å². The summed E-state index contributed by atoms with van der Waals surface area (Å²) < 4.78 is 0. The molecule has 2 N–H and O–H groups in total. The van der Waals surface area contributed by atoms with Crippen LogP contribution in [0.1, 0.15) is 51.5 Å². The molecule has 5 nitrogen and oxygen atoms in total. The number of carbonyl (C=O) groups is 2. The van der Waals surface area contributed by atoms with Gasteiger partial charge in [-0.1, -0.05) is 6.07 Å². The smallest absolute Gasteiger partial charge is 0.303 e. The predicted molar refractivity (Wildman–Crippen MR) is 102 cm³/mol. The van der Waals surface area contributed by atoms with Gasteiger partial charge in [0.2, 0.25) is 0 Å². The summed E-state index contributed by atoms with van der Waals surface area (Å²) in [5, 5.41) is 12.7. The van der Waals surface area contributed by atoms with Crippen molar-refractivity contribution in [2.45, 2.75) is 45.4 Å². The van der Waals surface area contributed by atoms with E-state index in [-0.39, 0.29) is 12.3 Å². The van der Waals surface area contributed by atoms with Gasteiger partial charge in [-0.2, -0.15) is 0 Å². The number of fused-ring (bicyclic) bond motifs is 2. The predicted octanol–water partition coefficient (Wildman–Crippen LogP) is 3.84. The first-order valence-corrected chi connectivity index (χ1v) is 9.71. The largest absolute Gasteiger partial charge is 0.481 e. The first-order valence-electron chi connectivity index (χ1n) is 8.89. The maximum absolute atomic E-state index is 12.5. The van der Waals surface area contributed by atoms with Crippen LogP contribution in [0.4, 0.5) is 5.69 Å². The Kier molecular flexibility index (Phi) is 4.36. The van der Waals surface area contributed by atoms with Crippen molar-refractivity contribution in [1.29, 1.82) is 0 Å². The van der Waals surface area contributed by atoms with Crippen LogP contribution >= 0.6 is 11.3 Å². The maximum Gasteiger partial charge on any atom is 0.303 e. The van der Waals surface area contributed by atoms with Crippen molar-refractivity contribution in [1.82, 2.24) is 4.98 Å². The van der Waals surface area contributed by atoms with Crippen LogP contribution < -0.4 is 5.32 Å². The number of hydrogen-bond acceptors (Lipinski definition) is 4. The molecule has 1 aromatic carbocycles. The molecule has 2 aliphatic rings. The van der Waals surface area contributed by atoms with Gasteiger partial charge in [-0.25, -0.2) is 4.98 Å². The first kappa shape index (κ1) is 17.0. The number of nitrogens with one attached hydrogen (secondary N) is 1. The van der Waals surface area contributed by atoms with Crippen molar-refractivity contribution in [2.75, 3.05) is 5.32 Å². The molecule has 0 bridgehead atoms. The Morgan fingerprint density at radius 2 is 2.15 bits per heavy atom. The maximum atomic E-state index is 12.5. The number of rotatable bonds is 4. The molecule has 0 saturated heterocycles. The fraction of sp³-hybridized carbons (Fsp3) is 0.350. The van der Waals surface area contributed by atoms with Gasteiger partial charge >= 0.3 is 5.97 Å². The van der Waals surface area contributed by atoms with E-state index in [1.807, 2.05) is 25.1 Å². The Labute approximate surface area is 155 Å². The second-order valence-corrected chi connectivity index (χ2v) is 7.92. The van der Waals surface area contributed by atoms with E-state index < -0.39 is 5.97 Å². The molecule has 134 valence electrons. The molecule has 6 heteroatoms. The zero-order valence-corrected chi connectivity index (χ0v) is 15.4. The Morgan fingerprint density at radius 1 is 1.35 bits per heavy atom. The number of aromatic nitrogens is 1. The van der Waals surface area contributed by atoms with E-state index in [0.29, 0.717) is 12.0 Å². The molecule has 1 aliphatic heterocycles. The van der Waals surface area contributed by atoms with Crippen LogP contribution in [-0.4, -0.2) is 22.0 Å². The minimum Gasteiger partial charge on any atom is -0.481 e. The minimum absolute atomic E-state index is 0.0826. The number of aryl methyl sites for hydroxylation is 3. The number of carbonyl (C=O) groups excluding carboxylic acids is 1. The van der Waals surface area contributed by atoms with Gasteiger partial charge < -0.3 is 10.4 Å². The molecule has 0 fully saturated rings. The van der Waals surface area contributed by atoms with Crippen LogP contribution in [0.3, 0.4) is 0 Å². The van der Waals surface area contributed by atoms with E-state index in [4.69, 9.17) is 10.1 Å². The summed E-state index contributed by atoms with van der Waals surface area (Å²) in [5.41, 5.74) is 5.41. The number of benzene rings is 1. The molecule has 0 spiro atoms. The van der Waals surface area contributed by atoms with E-state index in [1.54, 1.807) is 11.3 Å². The fourth-order valence-corrected chi connectivity index (χ4v) is 4.81. The van der Waals surface area contributed by atoms with Gasteiger partial charge in [0.25, 0.3) is 5.91 Å². The Balaban J connectivity index is 1.72. The summed E-state index contributed by atoms with van der Waals surface area (Å²) in [6, 6.07) is 3.77. The average Bonchev–Trinajstić information content (AvgIpc) is 3.15. The van der Waals surface area contributed by atoms with Gasteiger partial charge in [-0.05, 0) is 62.3 Å². The summed E-state index contributed by atoms with van der Waals surface area (Å²) in [4.78, 5) is 29.5. The number of carboxylic acids is 1. The Morgan fingerprint density at radius 3 is 2.92 bits per heavy atom. The molecule has 2 heterocycles. The number of carboxylic acid groups (broad SMARTS) is 1. The molecule has 1 amide bonds. The Hall–Kier alpha value is -2.47. The number of hydrogen-bond donors (Lipinski definition) is 2. The molecule has 0 atom stereocenters. The average molecular weight is 368 g/mol. The monoisotopic (exact) mass is 368 g/mol. The molecule has 26 heavy (non-hydrogen) atoms.